The van der Waals surface area contributed by atoms with E-state index < -0.39 is 0 Å². The van der Waals surface area contributed by atoms with Crippen molar-refractivity contribution >= 4 is 23.3 Å². The summed E-state index contributed by atoms with van der Waals surface area (Å²) in [6.45, 7) is 1.10. The Morgan fingerprint density at radius 3 is 2.32 bits per heavy atom. The zero-order valence-corrected chi connectivity index (χ0v) is 12.8. The molecule has 1 aliphatic heterocycles. The summed E-state index contributed by atoms with van der Waals surface area (Å²) in [5, 5.41) is 0.615. The monoisotopic (exact) mass is 313 g/mol. The van der Waals surface area contributed by atoms with E-state index in [0.29, 0.717) is 35.7 Å². The predicted octanol–water partition coefficient (Wildman–Crippen LogP) is 3.69. The molecule has 3 rings (SSSR count). The second-order valence-corrected chi connectivity index (χ2v) is 5.91. The van der Waals surface area contributed by atoms with Crippen molar-refractivity contribution in [3.63, 3.8) is 0 Å². The van der Waals surface area contributed by atoms with Gasteiger partial charge in [0.2, 0.25) is 0 Å². The Morgan fingerprint density at radius 1 is 0.955 bits per heavy atom. The number of carbonyl (C=O) groups is 2. The molecular formula is C18H16ClNO2. The molecule has 1 unspecified atom stereocenters. The summed E-state index contributed by atoms with van der Waals surface area (Å²) in [6.07, 6.45) is 0.708. The molecule has 1 atom stereocenters. The molecule has 3 nitrogen and oxygen atoms in total. The molecule has 112 valence electrons. The molecular weight excluding hydrogens is 298 g/mol. The highest BCUT2D eigenvalue weighted by atomic mass is 35.5. The quantitative estimate of drug-likeness (QED) is 0.811. The number of carbonyl (C=O) groups excluding carboxylic acids is 2. The standard InChI is InChI=1S/C18H16ClNO2/c19-16-8-6-13(7-9-16)17(21)15-10-11-20(12-15)18(22)14-4-2-1-3-5-14/h1-9,15H,10-12H2. The predicted molar refractivity (Wildman–Crippen MR) is 86.2 cm³/mol. The summed E-state index contributed by atoms with van der Waals surface area (Å²) in [7, 11) is 0. The first-order valence-corrected chi connectivity index (χ1v) is 7.67. The highest BCUT2D eigenvalue weighted by Gasteiger charge is 2.31. The van der Waals surface area contributed by atoms with E-state index in [1.54, 1.807) is 41.3 Å². The fraction of sp³-hybridized carbons (Fsp3) is 0.222. The van der Waals surface area contributed by atoms with E-state index in [1.165, 1.54) is 0 Å². The maximum atomic E-state index is 12.5. The van der Waals surface area contributed by atoms with Crippen LogP contribution in [0.3, 0.4) is 0 Å². The van der Waals surface area contributed by atoms with Gasteiger partial charge in [-0.3, -0.25) is 9.59 Å². The van der Waals surface area contributed by atoms with E-state index in [0.717, 1.165) is 0 Å². The van der Waals surface area contributed by atoms with Crippen LogP contribution in [0.5, 0.6) is 0 Å². The minimum atomic E-state index is -0.131. The van der Waals surface area contributed by atoms with Gasteiger partial charge in [-0.2, -0.15) is 0 Å². The largest absolute Gasteiger partial charge is 0.338 e. The lowest BCUT2D eigenvalue weighted by Crippen LogP contribution is -2.29. The van der Waals surface area contributed by atoms with E-state index in [-0.39, 0.29) is 17.6 Å². The lowest BCUT2D eigenvalue weighted by atomic mass is 9.97. The molecule has 0 saturated carbocycles. The van der Waals surface area contributed by atoms with Gasteiger partial charge >= 0.3 is 0 Å². The van der Waals surface area contributed by atoms with Gasteiger partial charge in [-0.25, -0.2) is 0 Å². The highest BCUT2D eigenvalue weighted by molar-refractivity contribution is 6.30. The van der Waals surface area contributed by atoms with Crippen molar-refractivity contribution in [2.75, 3.05) is 13.1 Å². The first-order chi connectivity index (χ1) is 10.6. The molecule has 2 aromatic carbocycles. The van der Waals surface area contributed by atoms with Gasteiger partial charge in [0.25, 0.3) is 5.91 Å². The minimum absolute atomic E-state index is 0.00740. The minimum Gasteiger partial charge on any atom is -0.338 e. The van der Waals surface area contributed by atoms with Crippen LogP contribution >= 0.6 is 11.6 Å². The molecule has 0 N–H and O–H groups in total. The molecule has 1 fully saturated rings. The molecule has 0 aromatic heterocycles. The van der Waals surface area contributed by atoms with Gasteiger partial charge in [-0.05, 0) is 42.8 Å². The van der Waals surface area contributed by atoms with Crippen molar-refractivity contribution in [3.05, 3.63) is 70.7 Å². The van der Waals surface area contributed by atoms with Crippen LogP contribution in [0.4, 0.5) is 0 Å². The Balaban J connectivity index is 1.68. The second-order valence-electron chi connectivity index (χ2n) is 5.47. The van der Waals surface area contributed by atoms with Gasteiger partial charge in [0, 0.05) is 35.2 Å². The van der Waals surface area contributed by atoms with Crippen LogP contribution in [-0.2, 0) is 0 Å². The van der Waals surface area contributed by atoms with Crippen molar-refractivity contribution in [1.82, 2.24) is 4.90 Å². The SMILES string of the molecule is O=C(c1ccc(Cl)cc1)C1CCN(C(=O)c2ccccc2)C1. The second kappa shape index (κ2) is 6.32. The van der Waals surface area contributed by atoms with E-state index in [2.05, 4.69) is 0 Å². The van der Waals surface area contributed by atoms with E-state index in [9.17, 15) is 9.59 Å². The summed E-state index contributed by atoms with van der Waals surface area (Å²) < 4.78 is 0. The molecule has 0 spiro atoms. The molecule has 0 aliphatic carbocycles. The van der Waals surface area contributed by atoms with Crippen molar-refractivity contribution in [1.29, 1.82) is 0 Å². The zero-order valence-electron chi connectivity index (χ0n) is 12.0. The Kier molecular flexibility index (Phi) is 4.25. The number of nitrogens with zero attached hydrogens (tertiary/aromatic N) is 1. The number of benzene rings is 2. The molecule has 4 heteroatoms. The van der Waals surface area contributed by atoms with Gasteiger partial charge < -0.3 is 4.90 Å². The van der Waals surface area contributed by atoms with Crippen LogP contribution in [0.25, 0.3) is 0 Å². The Hall–Kier alpha value is -2.13. The number of rotatable bonds is 3. The van der Waals surface area contributed by atoms with Gasteiger partial charge in [0.15, 0.2) is 5.78 Å². The van der Waals surface area contributed by atoms with Crippen LogP contribution in [-0.4, -0.2) is 29.7 Å². The Bertz CT molecular complexity index is 682. The maximum Gasteiger partial charge on any atom is 0.253 e. The molecule has 1 amide bonds. The van der Waals surface area contributed by atoms with Crippen LogP contribution in [0, 0.1) is 5.92 Å². The number of Topliss-reactive ketones (excluding diaryl/α,β-unsaturated/α-hetero) is 1. The topological polar surface area (TPSA) is 37.4 Å². The van der Waals surface area contributed by atoms with Crippen molar-refractivity contribution < 1.29 is 9.59 Å². The van der Waals surface area contributed by atoms with Crippen molar-refractivity contribution in [2.45, 2.75) is 6.42 Å². The third-order valence-corrected chi connectivity index (χ3v) is 4.25. The molecule has 2 aromatic rings. The normalized spacial score (nSPS) is 17.5. The third-order valence-electron chi connectivity index (χ3n) is 4.00. The van der Waals surface area contributed by atoms with Gasteiger partial charge in [-0.15, -0.1) is 0 Å². The first-order valence-electron chi connectivity index (χ1n) is 7.29. The molecule has 1 saturated heterocycles. The van der Waals surface area contributed by atoms with Gasteiger partial charge in [-0.1, -0.05) is 29.8 Å². The Morgan fingerprint density at radius 2 is 1.64 bits per heavy atom. The third kappa shape index (κ3) is 3.04. The number of hydrogen-bond acceptors (Lipinski definition) is 2. The molecule has 0 bridgehead atoms. The molecule has 1 aliphatic rings. The average Bonchev–Trinajstić information content (AvgIpc) is 3.05. The summed E-state index contributed by atoms with van der Waals surface area (Å²) in [5.41, 5.74) is 1.32. The van der Waals surface area contributed by atoms with Crippen LogP contribution in [0.1, 0.15) is 27.1 Å². The van der Waals surface area contributed by atoms with Gasteiger partial charge in [0.05, 0.1) is 0 Å². The fourth-order valence-corrected chi connectivity index (χ4v) is 2.90. The van der Waals surface area contributed by atoms with E-state index >= 15 is 0 Å². The van der Waals surface area contributed by atoms with Crippen molar-refractivity contribution in [3.8, 4) is 0 Å². The molecule has 0 radical (unpaired) electrons. The first kappa shape index (κ1) is 14.8. The molecule has 22 heavy (non-hydrogen) atoms. The zero-order chi connectivity index (χ0) is 15.5. The van der Waals surface area contributed by atoms with E-state index in [4.69, 9.17) is 11.6 Å². The number of halogens is 1. The maximum absolute atomic E-state index is 12.5. The lowest BCUT2D eigenvalue weighted by molar-refractivity contribution is 0.0780. The number of hydrogen-bond donors (Lipinski definition) is 0. The van der Waals surface area contributed by atoms with Crippen LogP contribution in [0.15, 0.2) is 54.6 Å². The summed E-state index contributed by atoms with van der Waals surface area (Å²) in [4.78, 5) is 26.6. The lowest BCUT2D eigenvalue weighted by Gasteiger charge is -2.16. The molecule has 1 heterocycles. The number of ketones is 1. The fourth-order valence-electron chi connectivity index (χ4n) is 2.77. The van der Waals surface area contributed by atoms with Crippen molar-refractivity contribution in [2.24, 2.45) is 5.92 Å². The smallest absolute Gasteiger partial charge is 0.253 e. The summed E-state index contributed by atoms with van der Waals surface area (Å²) in [5.74, 6) is -0.0547. The number of amides is 1. The Labute approximate surface area is 134 Å². The number of likely N-dealkylation sites (tertiary alicyclic amines) is 1. The van der Waals surface area contributed by atoms with E-state index in [1.807, 2.05) is 18.2 Å². The average molecular weight is 314 g/mol. The van der Waals surface area contributed by atoms with Crippen LogP contribution in [0.2, 0.25) is 5.02 Å². The summed E-state index contributed by atoms with van der Waals surface area (Å²) >= 11 is 5.84. The van der Waals surface area contributed by atoms with Gasteiger partial charge in [0.1, 0.15) is 0 Å². The summed E-state index contributed by atoms with van der Waals surface area (Å²) in [6, 6.07) is 16.1. The highest BCUT2D eigenvalue weighted by Crippen LogP contribution is 2.23. The van der Waals surface area contributed by atoms with Crippen LogP contribution < -0.4 is 0 Å².